The number of aromatic carboxylic acids is 1. The summed E-state index contributed by atoms with van der Waals surface area (Å²) in [6.45, 7) is 55.8. The van der Waals surface area contributed by atoms with Gasteiger partial charge in [-0.3, -0.25) is 28.8 Å². The van der Waals surface area contributed by atoms with Crippen molar-refractivity contribution in [1.29, 1.82) is 0 Å². The minimum absolute atomic E-state index is 0.0789. The number of nitrogens with one attached hydrogen (secondary N) is 4. The van der Waals surface area contributed by atoms with E-state index in [1.807, 2.05) is 189 Å². The number of carboxylic acid groups (broad SMARTS) is 1. The van der Waals surface area contributed by atoms with Gasteiger partial charge in [0.15, 0.2) is 0 Å². The van der Waals surface area contributed by atoms with Gasteiger partial charge in [-0.1, -0.05) is 379 Å². The smallest absolute Gasteiger partial charge is 0.335 e. The summed E-state index contributed by atoms with van der Waals surface area (Å²) in [4.78, 5) is 94.3. The summed E-state index contributed by atoms with van der Waals surface area (Å²) >= 11 is 0. The number of carbonyl (C=O) groups is 7. The molecule has 794 valence electrons. The first-order chi connectivity index (χ1) is 70.4. The summed E-state index contributed by atoms with van der Waals surface area (Å²) in [6, 6.07) is 80.1. The maximum atomic E-state index is 13.6. The van der Waals surface area contributed by atoms with Gasteiger partial charge in [-0.15, -0.1) is 0 Å². The second-order valence-electron chi connectivity index (χ2n) is 40.8. The minimum Gasteiger partial charge on any atom is -0.478 e. The Bertz CT molecular complexity index is 5200. The third-order valence-electron chi connectivity index (χ3n) is 27.2. The summed E-state index contributed by atoms with van der Waals surface area (Å²) in [6.07, 6.45) is 16.6. The number of rotatable bonds is 57. The number of amides is 6. The molecular formula is C126H176N12O9. The highest BCUT2D eigenvalue weighted by Gasteiger charge is 2.32. The van der Waals surface area contributed by atoms with Crippen LogP contribution in [0.3, 0.4) is 0 Å². The SMILES string of the molecule is C=C(C[C@@H](Cc1ccccc1)[C@@H](C)C[C@@H](C)C(=C)C[C@H](C(=C)CCc1ccccc1)C(C)C)c1cccc(C(=C)C(CCC)CCC)c1.CC(C)[C@H](N)C(=O)NCc1ccccc1.CCCN(CCC)C(=O)c1cccc(C(=O)N[C@@H](Cc2ccccc2)[C@@H](N)C[C@@H](C)C(=O)N[C@H](C(=O)NCc2ccccc2)C(C)C)c1.CCCN(CCC)C(=O)c1cccc(C(=O)O)c1.C[C@@H](CO)C[C@H](N=[N+]=[N-])[C@@H](N)Cc1ccccc1. The third kappa shape index (κ3) is 46.1. The van der Waals surface area contributed by atoms with E-state index in [4.69, 9.17) is 32.9 Å². The maximum Gasteiger partial charge on any atom is 0.335 e. The molecule has 6 amide bonds. The van der Waals surface area contributed by atoms with Crippen LogP contribution in [-0.2, 0) is 53.2 Å². The molecule has 9 rings (SSSR count). The molecule has 0 unspecified atom stereocenters. The highest BCUT2D eigenvalue weighted by molar-refractivity contribution is 6.00. The van der Waals surface area contributed by atoms with Crippen LogP contribution in [0.4, 0.5) is 0 Å². The van der Waals surface area contributed by atoms with Gasteiger partial charge in [0.25, 0.3) is 17.7 Å². The van der Waals surface area contributed by atoms with Crippen LogP contribution in [0.5, 0.6) is 0 Å². The molecule has 0 heterocycles. The van der Waals surface area contributed by atoms with Crippen molar-refractivity contribution < 1.29 is 43.8 Å². The van der Waals surface area contributed by atoms with Crippen LogP contribution in [0.25, 0.3) is 21.6 Å². The van der Waals surface area contributed by atoms with E-state index >= 15 is 0 Å². The van der Waals surface area contributed by atoms with E-state index in [1.54, 1.807) is 48.2 Å². The number of hydrogen-bond acceptors (Lipinski definition) is 12. The average Bonchev–Trinajstić information content (AvgIpc) is 0.839. The number of hydrogen-bond donors (Lipinski definition) is 9. The van der Waals surface area contributed by atoms with Crippen molar-refractivity contribution in [2.45, 2.75) is 276 Å². The Labute approximate surface area is 881 Å². The topological polar surface area (TPSA) is 341 Å². The van der Waals surface area contributed by atoms with Crippen LogP contribution in [0.15, 0.2) is 297 Å². The second-order valence-corrected chi connectivity index (χ2v) is 40.8. The minimum atomic E-state index is -1.01. The molecule has 0 radical (unpaired) electrons. The fourth-order valence-corrected chi connectivity index (χ4v) is 18.2. The fourth-order valence-electron chi connectivity index (χ4n) is 18.2. The van der Waals surface area contributed by atoms with Crippen molar-refractivity contribution in [2.24, 2.45) is 81.5 Å². The highest BCUT2D eigenvalue weighted by Crippen LogP contribution is 2.39. The molecule has 0 saturated heterocycles. The van der Waals surface area contributed by atoms with E-state index in [0.717, 1.165) is 86.5 Å². The van der Waals surface area contributed by atoms with Gasteiger partial charge < -0.3 is 58.5 Å². The molecule has 9 aromatic carbocycles. The Morgan fingerprint density at radius 2 is 0.844 bits per heavy atom. The summed E-state index contributed by atoms with van der Waals surface area (Å²) in [5, 5.41) is 33.5. The maximum absolute atomic E-state index is 13.6. The number of azide groups is 1. The molecule has 12 atom stereocenters. The Morgan fingerprint density at radius 1 is 0.422 bits per heavy atom. The van der Waals surface area contributed by atoms with Crippen LogP contribution < -0.4 is 38.5 Å². The van der Waals surface area contributed by atoms with Crippen molar-refractivity contribution in [2.75, 3.05) is 32.8 Å². The van der Waals surface area contributed by atoms with Crippen LogP contribution in [0.2, 0.25) is 0 Å². The van der Waals surface area contributed by atoms with Crippen molar-refractivity contribution >= 4 is 52.6 Å². The van der Waals surface area contributed by atoms with Gasteiger partial charge in [0.1, 0.15) is 6.04 Å². The number of allylic oxidation sites excluding steroid dienone is 4. The number of aliphatic hydroxyl groups excluding tert-OH is 1. The first-order valence-electron chi connectivity index (χ1n) is 53.6. The molecule has 21 nitrogen and oxygen atoms in total. The molecule has 12 N–H and O–H groups in total. The number of benzene rings is 9. The quantitative estimate of drug-likeness (QED) is 0.00743. The number of nitrogens with two attached hydrogens (primary N) is 3. The van der Waals surface area contributed by atoms with Gasteiger partial charge in [0.05, 0.1) is 17.6 Å². The molecule has 21 heteroatoms. The van der Waals surface area contributed by atoms with E-state index in [1.165, 1.54) is 82.4 Å². The van der Waals surface area contributed by atoms with Crippen molar-refractivity contribution in [1.82, 2.24) is 31.1 Å². The third-order valence-corrected chi connectivity index (χ3v) is 27.2. The Morgan fingerprint density at radius 3 is 1.29 bits per heavy atom. The molecule has 147 heavy (non-hydrogen) atoms. The predicted molar refractivity (Wildman–Crippen MR) is 609 cm³/mol. The van der Waals surface area contributed by atoms with Crippen molar-refractivity contribution in [3.8, 4) is 0 Å². The van der Waals surface area contributed by atoms with Gasteiger partial charge in [-0.25, -0.2) is 4.79 Å². The Kier molecular flexibility index (Phi) is 59.0. The van der Waals surface area contributed by atoms with Gasteiger partial charge in [-0.2, -0.15) is 0 Å². The van der Waals surface area contributed by atoms with E-state index < -0.39 is 36.1 Å². The molecule has 0 aliphatic carbocycles. The first-order valence-corrected chi connectivity index (χ1v) is 53.6. The summed E-state index contributed by atoms with van der Waals surface area (Å²) < 4.78 is 0. The van der Waals surface area contributed by atoms with Gasteiger partial charge >= 0.3 is 5.97 Å². The molecule has 0 aliphatic rings. The fraction of sp³-hybridized carbons (Fsp3) is 0.452. The second kappa shape index (κ2) is 69.5. The highest BCUT2D eigenvalue weighted by atomic mass is 16.4. The van der Waals surface area contributed by atoms with Gasteiger partial charge in [-0.05, 0) is 260 Å². The molecule has 0 fully saturated rings. The van der Waals surface area contributed by atoms with Crippen molar-refractivity contribution in [3.63, 3.8) is 0 Å². The van der Waals surface area contributed by atoms with Crippen LogP contribution in [0, 0.1) is 59.2 Å². The zero-order valence-electron chi connectivity index (χ0n) is 91.2. The number of carbonyl (C=O) groups excluding carboxylic acids is 6. The summed E-state index contributed by atoms with van der Waals surface area (Å²) in [5.41, 5.74) is 43.3. The molecule has 0 aromatic heterocycles. The summed E-state index contributed by atoms with van der Waals surface area (Å²) in [5.74, 6) is 0.490. The molecule has 0 aliphatic heterocycles. The molecule has 0 spiro atoms. The van der Waals surface area contributed by atoms with Crippen LogP contribution in [-0.4, -0.2) is 130 Å². The normalized spacial score (nSPS) is 13.4. The average molecular weight is 2000 g/mol. The largest absolute Gasteiger partial charge is 0.478 e. The molecule has 0 saturated carbocycles. The lowest BCUT2D eigenvalue weighted by molar-refractivity contribution is -0.132. The van der Waals surface area contributed by atoms with E-state index in [0.29, 0.717) is 111 Å². The van der Waals surface area contributed by atoms with E-state index in [9.17, 15) is 33.6 Å². The number of carboxylic acids is 1. The van der Waals surface area contributed by atoms with E-state index in [-0.39, 0.29) is 83.9 Å². The lowest BCUT2D eigenvalue weighted by Gasteiger charge is -2.31. The number of aliphatic hydroxyl groups is 1. The van der Waals surface area contributed by atoms with Gasteiger partial charge in [0.2, 0.25) is 17.7 Å². The predicted octanol–water partition coefficient (Wildman–Crippen LogP) is 25.5. The zero-order valence-corrected chi connectivity index (χ0v) is 91.2. The number of nitrogens with zero attached hydrogens (tertiary/aromatic N) is 5. The molecular weight excluding hydrogens is 1830 g/mol. The van der Waals surface area contributed by atoms with Crippen LogP contribution >= 0.6 is 0 Å². The Balaban J connectivity index is 0.000000353. The van der Waals surface area contributed by atoms with Crippen molar-refractivity contribution in [3.05, 3.63) is 369 Å². The lowest BCUT2D eigenvalue weighted by Crippen LogP contribution is -2.53. The zero-order chi connectivity index (χ0) is 108. The summed E-state index contributed by atoms with van der Waals surface area (Å²) in [7, 11) is 0. The Hall–Kier alpha value is -12.6. The van der Waals surface area contributed by atoms with Crippen LogP contribution in [0.1, 0.15) is 287 Å². The molecule has 9 aromatic rings. The van der Waals surface area contributed by atoms with E-state index in [2.05, 4.69) is 184 Å². The standard InChI is InChI=1S/C48H66.C39H53N5O4.C14H19NO3.C13H20N4O.C12H18N2O/c1-11-20-44(21-12-2)41(10)46-27-19-26-45(34-46)40(9)31-47(33-43-24-17-14-18-25-43)39(8)30-37(6)38(7)32-48(35(3)4)36(5)28-29-42-22-15-13-16-23-42;1-6-21-44(22-7-2)39(48)32-20-14-19-31(25-32)37(46)42-34(24-29-15-10-8-11-16-29)33(40)23-28(5)36(45)43-35(27(3)4)38(47)41-26-30-17-12-9-13-18-30;1-3-8-15(9-4-2)13(16)11-6-5-7-12(10-11)14(17)18;1-10(9-18)7-13(16-17-15)12(14)8-11-5-3-2-4-6-11;1-9(2)11(13)12(15)14-8-10-6-4-3-5-7-10/h13-19,22-27,34-35,37,39,44,47-48H,5,7,9-12,20-21,28-33H2,1-4,6,8H3;8-20,25,27-28,33-35H,6-7,21-24,26,40H2,1-5H3,(H,41,47)(H,42,46)(H,43,45);5-7,10H,3-4,8-9H2,1-2H3,(H,17,18);2-6,10,12-13,18H,7-9,14H2,1H3;3-7,9,11H,8,13H2,1-2H3,(H,14,15)/t37-,39+,47+,48+;28-,33+,34+,35+;;10-,12+,13+;11-/m11.10/s1. The lowest BCUT2D eigenvalue weighted by atomic mass is 9.74. The van der Waals surface area contributed by atoms with Gasteiger partial charge in [0, 0.05) is 91.5 Å². The number of aryl methyl sites for hydroxylation is 1. The molecule has 0 bridgehead atoms. The monoisotopic (exact) mass is 2000 g/mol. The first kappa shape index (κ1) is 125.